The third kappa shape index (κ3) is 3.06. The largest absolute Gasteiger partial charge is 0.396 e. The molecule has 17 heavy (non-hydrogen) atoms. The molecule has 1 fully saturated rings. The Kier molecular flexibility index (Phi) is 4.54. The lowest BCUT2D eigenvalue weighted by atomic mass is 9.95. The summed E-state index contributed by atoms with van der Waals surface area (Å²) in [5, 5.41) is 9.28. The van der Waals surface area contributed by atoms with E-state index >= 15 is 0 Å². The van der Waals surface area contributed by atoms with Crippen LogP contribution in [-0.2, 0) is 0 Å². The minimum atomic E-state index is 0.294. The zero-order valence-corrected chi connectivity index (χ0v) is 10.3. The molecule has 1 aromatic rings. The number of hydrogen-bond donors (Lipinski definition) is 2. The molecule has 2 unspecified atom stereocenters. The SMILES string of the molecule is NCC(c1ccccc1)N1CCCC(CO)C1. The van der Waals surface area contributed by atoms with Gasteiger partial charge in [0.05, 0.1) is 0 Å². The van der Waals surface area contributed by atoms with Crippen LogP contribution in [0, 0.1) is 5.92 Å². The van der Waals surface area contributed by atoms with Crippen molar-refractivity contribution in [1.82, 2.24) is 4.90 Å². The Bertz CT molecular complexity index is 328. The van der Waals surface area contributed by atoms with Crippen LogP contribution in [0.15, 0.2) is 30.3 Å². The molecule has 3 heteroatoms. The fourth-order valence-corrected chi connectivity index (χ4v) is 2.70. The molecule has 2 atom stereocenters. The van der Waals surface area contributed by atoms with Gasteiger partial charge in [-0.1, -0.05) is 30.3 Å². The number of nitrogens with two attached hydrogens (primary N) is 1. The number of likely N-dealkylation sites (tertiary alicyclic amines) is 1. The zero-order valence-electron chi connectivity index (χ0n) is 10.3. The topological polar surface area (TPSA) is 49.5 Å². The summed E-state index contributed by atoms with van der Waals surface area (Å²) in [6.45, 7) is 2.99. The quantitative estimate of drug-likeness (QED) is 0.827. The van der Waals surface area contributed by atoms with E-state index in [1.165, 1.54) is 5.56 Å². The number of hydrogen-bond acceptors (Lipinski definition) is 3. The van der Waals surface area contributed by atoms with Gasteiger partial charge in [0.15, 0.2) is 0 Å². The third-order valence-corrected chi connectivity index (χ3v) is 3.66. The van der Waals surface area contributed by atoms with Crippen LogP contribution >= 0.6 is 0 Å². The van der Waals surface area contributed by atoms with E-state index in [1.807, 2.05) is 6.07 Å². The van der Waals surface area contributed by atoms with Crippen molar-refractivity contribution in [2.75, 3.05) is 26.2 Å². The summed E-state index contributed by atoms with van der Waals surface area (Å²) < 4.78 is 0. The van der Waals surface area contributed by atoms with Crippen molar-refractivity contribution in [3.63, 3.8) is 0 Å². The molecule has 0 aromatic heterocycles. The van der Waals surface area contributed by atoms with E-state index in [-0.39, 0.29) is 0 Å². The molecule has 0 bridgehead atoms. The van der Waals surface area contributed by atoms with E-state index in [0.717, 1.165) is 25.9 Å². The molecule has 1 aliphatic heterocycles. The van der Waals surface area contributed by atoms with E-state index in [1.54, 1.807) is 0 Å². The van der Waals surface area contributed by atoms with Gasteiger partial charge < -0.3 is 10.8 Å². The minimum Gasteiger partial charge on any atom is -0.396 e. The van der Waals surface area contributed by atoms with Crippen LogP contribution in [0.4, 0.5) is 0 Å². The maximum absolute atomic E-state index is 9.28. The molecule has 3 N–H and O–H groups in total. The highest BCUT2D eigenvalue weighted by Crippen LogP contribution is 2.25. The molecule has 1 aliphatic rings. The van der Waals surface area contributed by atoms with Gasteiger partial charge in [-0.05, 0) is 30.9 Å². The van der Waals surface area contributed by atoms with Crippen molar-refractivity contribution in [1.29, 1.82) is 0 Å². The maximum atomic E-state index is 9.28. The van der Waals surface area contributed by atoms with Crippen molar-refractivity contribution in [2.24, 2.45) is 11.7 Å². The smallest absolute Gasteiger partial charge is 0.0471 e. The second-order valence-electron chi connectivity index (χ2n) is 4.85. The van der Waals surface area contributed by atoms with Crippen LogP contribution in [0.3, 0.4) is 0 Å². The standard InChI is InChI=1S/C14H22N2O/c15-9-14(13-6-2-1-3-7-13)16-8-4-5-12(10-16)11-17/h1-3,6-7,12,14,17H,4-5,8-11,15H2. The van der Waals surface area contributed by atoms with E-state index in [0.29, 0.717) is 25.1 Å². The molecule has 0 amide bonds. The fourth-order valence-electron chi connectivity index (χ4n) is 2.70. The summed E-state index contributed by atoms with van der Waals surface area (Å²) in [5.41, 5.74) is 7.20. The van der Waals surface area contributed by atoms with Crippen molar-refractivity contribution in [2.45, 2.75) is 18.9 Å². The Morgan fingerprint density at radius 3 is 2.76 bits per heavy atom. The van der Waals surface area contributed by atoms with Crippen LogP contribution < -0.4 is 5.73 Å². The first-order valence-corrected chi connectivity index (χ1v) is 6.45. The summed E-state index contributed by atoms with van der Waals surface area (Å²) in [4.78, 5) is 2.42. The molecular formula is C14H22N2O. The molecule has 1 aromatic carbocycles. The molecule has 0 saturated carbocycles. The van der Waals surface area contributed by atoms with E-state index in [2.05, 4.69) is 29.2 Å². The van der Waals surface area contributed by atoms with Crippen LogP contribution in [0.1, 0.15) is 24.4 Å². The molecule has 94 valence electrons. The second kappa shape index (κ2) is 6.15. The summed E-state index contributed by atoms with van der Waals surface area (Å²) in [5.74, 6) is 0.418. The predicted molar refractivity (Wildman–Crippen MR) is 69.6 cm³/mol. The third-order valence-electron chi connectivity index (χ3n) is 3.66. The molecule has 0 spiro atoms. The summed E-state index contributed by atoms with van der Waals surface area (Å²) in [6.07, 6.45) is 2.30. The van der Waals surface area contributed by atoms with Gasteiger partial charge in [0.2, 0.25) is 0 Å². The van der Waals surface area contributed by atoms with Gasteiger partial charge in [0, 0.05) is 25.7 Å². The van der Waals surface area contributed by atoms with Crippen molar-refractivity contribution < 1.29 is 5.11 Å². The first-order valence-electron chi connectivity index (χ1n) is 6.45. The Morgan fingerprint density at radius 1 is 1.35 bits per heavy atom. The highest BCUT2D eigenvalue weighted by Gasteiger charge is 2.25. The van der Waals surface area contributed by atoms with Crippen LogP contribution in [-0.4, -0.2) is 36.2 Å². The first-order chi connectivity index (χ1) is 8.35. The Morgan fingerprint density at radius 2 is 2.12 bits per heavy atom. The molecular weight excluding hydrogens is 212 g/mol. The number of aliphatic hydroxyl groups excluding tert-OH is 1. The van der Waals surface area contributed by atoms with Gasteiger partial charge >= 0.3 is 0 Å². The van der Waals surface area contributed by atoms with Crippen molar-refractivity contribution >= 4 is 0 Å². The first kappa shape index (κ1) is 12.6. The number of rotatable bonds is 4. The molecule has 1 saturated heterocycles. The zero-order chi connectivity index (χ0) is 12.1. The van der Waals surface area contributed by atoms with Gasteiger partial charge in [-0.2, -0.15) is 0 Å². The van der Waals surface area contributed by atoms with Crippen LogP contribution in [0.2, 0.25) is 0 Å². The van der Waals surface area contributed by atoms with Gasteiger partial charge in [0.1, 0.15) is 0 Å². The highest BCUT2D eigenvalue weighted by atomic mass is 16.3. The molecule has 1 heterocycles. The maximum Gasteiger partial charge on any atom is 0.0471 e. The fraction of sp³-hybridized carbons (Fsp3) is 0.571. The van der Waals surface area contributed by atoms with Crippen LogP contribution in [0.25, 0.3) is 0 Å². The van der Waals surface area contributed by atoms with Gasteiger partial charge in [-0.15, -0.1) is 0 Å². The number of piperidine rings is 1. The lowest BCUT2D eigenvalue weighted by Crippen LogP contribution is -2.41. The van der Waals surface area contributed by atoms with E-state index < -0.39 is 0 Å². The number of benzene rings is 1. The minimum absolute atomic E-state index is 0.294. The summed E-state index contributed by atoms with van der Waals surface area (Å²) >= 11 is 0. The Labute approximate surface area is 103 Å². The van der Waals surface area contributed by atoms with E-state index in [4.69, 9.17) is 5.73 Å². The number of nitrogens with zero attached hydrogens (tertiary/aromatic N) is 1. The average molecular weight is 234 g/mol. The molecule has 3 nitrogen and oxygen atoms in total. The van der Waals surface area contributed by atoms with Gasteiger partial charge in [0.25, 0.3) is 0 Å². The van der Waals surface area contributed by atoms with Gasteiger partial charge in [-0.25, -0.2) is 0 Å². The average Bonchev–Trinajstić information content (AvgIpc) is 2.41. The molecule has 2 rings (SSSR count). The Hall–Kier alpha value is -0.900. The Balaban J connectivity index is 2.08. The van der Waals surface area contributed by atoms with Crippen molar-refractivity contribution in [3.05, 3.63) is 35.9 Å². The van der Waals surface area contributed by atoms with Gasteiger partial charge in [-0.3, -0.25) is 4.90 Å². The molecule has 0 radical (unpaired) electrons. The summed E-state index contributed by atoms with van der Waals surface area (Å²) in [7, 11) is 0. The molecule has 0 aliphatic carbocycles. The second-order valence-corrected chi connectivity index (χ2v) is 4.85. The number of aliphatic hydroxyl groups is 1. The monoisotopic (exact) mass is 234 g/mol. The lowest BCUT2D eigenvalue weighted by molar-refractivity contribution is 0.0901. The summed E-state index contributed by atoms with van der Waals surface area (Å²) in [6, 6.07) is 10.7. The van der Waals surface area contributed by atoms with Crippen molar-refractivity contribution in [3.8, 4) is 0 Å². The van der Waals surface area contributed by atoms with Crippen LogP contribution in [0.5, 0.6) is 0 Å². The highest BCUT2D eigenvalue weighted by molar-refractivity contribution is 5.19. The predicted octanol–water partition coefficient (Wildman–Crippen LogP) is 1.39. The normalized spacial score (nSPS) is 23.5. The lowest BCUT2D eigenvalue weighted by Gasteiger charge is -2.37. The van der Waals surface area contributed by atoms with E-state index in [9.17, 15) is 5.11 Å².